The molecule has 1 fully saturated rings. The standard InChI is InChI=1S/C20H27N3O2/c1-2-6-17(7-3-1)25-15-11-19-21-22-20-18(8-4-5-12-23(19)20)16-9-13-24-14-10-16/h1-3,6-7,16,18H,4-5,8-15H2. The van der Waals surface area contributed by atoms with Crippen LogP contribution in [0.25, 0.3) is 0 Å². The molecule has 1 aromatic carbocycles. The molecule has 0 aliphatic carbocycles. The minimum absolute atomic E-state index is 0.544. The van der Waals surface area contributed by atoms with Crippen molar-refractivity contribution in [3.8, 4) is 5.75 Å². The zero-order chi connectivity index (χ0) is 16.9. The normalized spacial score (nSPS) is 21.5. The Morgan fingerprint density at radius 2 is 1.88 bits per heavy atom. The molecule has 0 spiro atoms. The Morgan fingerprint density at radius 1 is 1.04 bits per heavy atom. The van der Waals surface area contributed by atoms with E-state index in [1.165, 1.54) is 25.1 Å². The molecule has 2 aromatic rings. The van der Waals surface area contributed by atoms with Gasteiger partial charge in [0.15, 0.2) is 0 Å². The second-order valence-electron chi connectivity index (χ2n) is 7.09. The summed E-state index contributed by atoms with van der Waals surface area (Å²) in [7, 11) is 0. The van der Waals surface area contributed by atoms with Crippen molar-refractivity contribution in [1.82, 2.24) is 14.8 Å². The zero-order valence-corrected chi connectivity index (χ0v) is 14.8. The summed E-state index contributed by atoms with van der Waals surface area (Å²) >= 11 is 0. The third-order valence-corrected chi connectivity index (χ3v) is 5.51. The summed E-state index contributed by atoms with van der Waals surface area (Å²) in [6, 6.07) is 9.98. The van der Waals surface area contributed by atoms with Crippen molar-refractivity contribution < 1.29 is 9.47 Å². The molecular formula is C20H27N3O2. The maximum atomic E-state index is 5.85. The van der Waals surface area contributed by atoms with E-state index in [1.54, 1.807) is 0 Å². The maximum absolute atomic E-state index is 5.85. The molecule has 1 atom stereocenters. The molecule has 2 aliphatic rings. The van der Waals surface area contributed by atoms with Crippen LogP contribution in [0.2, 0.25) is 0 Å². The van der Waals surface area contributed by atoms with Crippen molar-refractivity contribution in [2.45, 2.75) is 51.0 Å². The maximum Gasteiger partial charge on any atom is 0.136 e. The number of ether oxygens (including phenoxy) is 2. The van der Waals surface area contributed by atoms with Crippen LogP contribution in [0.15, 0.2) is 30.3 Å². The van der Waals surface area contributed by atoms with E-state index in [-0.39, 0.29) is 0 Å². The lowest BCUT2D eigenvalue weighted by Crippen LogP contribution is -2.24. The molecule has 1 unspecified atom stereocenters. The van der Waals surface area contributed by atoms with E-state index in [2.05, 4.69) is 14.8 Å². The van der Waals surface area contributed by atoms with Gasteiger partial charge in [-0.25, -0.2) is 0 Å². The Labute approximate surface area is 149 Å². The van der Waals surface area contributed by atoms with Gasteiger partial charge >= 0.3 is 0 Å². The SMILES string of the molecule is c1ccc(OCCc2nnc3n2CCCCC3C2CCOCC2)cc1. The third kappa shape index (κ3) is 3.87. The van der Waals surface area contributed by atoms with Crippen LogP contribution in [0.4, 0.5) is 0 Å². The minimum atomic E-state index is 0.544. The Bertz CT molecular complexity index is 665. The molecule has 0 bridgehead atoms. The number of rotatable bonds is 5. The number of benzene rings is 1. The fourth-order valence-corrected chi connectivity index (χ4v) is 4.16. The van der Waals surface area contributed by atoms with Crippen LogP contribution < -0.4 is 4.74 Å². The van der Waals surface area contributed by atoms with Gasteiger partial charge in [0, 0.05) is 32.1 Å². The summed E-state index contributed by atoms with van der Waals surface area (Å²) in [5, 5.41) is 9.13. The van der Waals surface area contributed by atoms with E-state index in [0.29, 0.717) is 18.4 Å². The summed E-state index contributed by atoms with van der Waals surface area (Å²) in [4.78, 5) is 0. The third-order valence-electron chi connectivity index (χ3n) is 5.51. The first-order valence-corrected chi connectivity index (χ1v) is 9.59. The Balaban J connectivity index is 1.45. The largest absolute Gasteiger partial charge is 0.493 e. The molecule has 3 heterocycles. The molecule has 25 heavy (non-hydrogen) atoms. The lowest BCUT2D eigenvalue weighted by Gasteiger charge is -2.29. The van der Waals surface area contributed by atoms with Gasteiger partial charge in [-0.15, -0.1) is 10.2 Å². The number of nitrogens with zero attached hydrogens (tertiary/aromatic N) is 3. The molecule has 0 amide bonds. The van der Waals surface area contributed by atoms with Gasteiger partial charge < -0.3 is 14.0 Å². The highest BCUT2D eigenvalue weighted by Gasteiger charge is 2.31. The average molecular weight is 341 g/mol. The van der Waals surface area contributed by atoms with Crippen LogP contribution in [-0.4, -0.2) is 34.6 Å². The molecule has 5 nitrogen and oxygen atoms in total. The van der Waals surface area contributed by atoms with E-state index in [4.69, 9.17) is 9.47 Å². The molecule has 134 valence electrons. The van der Waals surface area contributed by atoms with Crippen molar-refractivity contribution >= 4 is 0 Å². The van der Waals surface area contributed by atoms with E-state index in [0.717, 1.165) is 50.6 Å². The Morgan fingerprint density at radius 3 is 2.72 bits per heavy atom. The fourth-order valence-electron chi connectivity index (χ4n) is 4.16. The van der Waals surface area contributed by atoms with Gasteiger partial charge in [0.25, 0.3) is 0 Å². The minimum Gasteiger partial charge on any atom is -0.493 e. The number of hydrogen-bond donors (Lipinski definition) is 0. The van der Waals surface area contributed by atoms with Gasteiger partial charge in [-0.05, 0) is 43.7 Å². The predicted molar refractivity (Wildman–Crippen MR) is 95.8 cm³/mol. The van der Waals surface area contributed by atoms with Crippen molar-refractivity contribution in [2.24, 2.45) is 5.92 Å². The second-order valence-corrected chi connectivity index (χ2v) is 7.09. The molecule has 4 rings (SSSR count). The summed E-state index contributed by atoms with van der Waals surface area (Å²) in [5.74, 6) is 4.44. The molecule has 1 aromatic heterocycles. The van der Waals surface area contributed by atoms with E-state index < -0.39 is 0 Å². The highest BCUT2D eigenvalue weighted by Crippen LogP contribution is 2.37. The van der Waals surface area contributed by atoms with Gasteiger partial charge in [0.1, 0.15) is 17.4 Å². The van der Waals surface area contributed by atoms with E-state index in [1.807, 2.05) is 30.3 Å². The lowest BCUT2D eigenvalue weighted by molar-refractivity contribution is 0.0556. The van der Waals surface area contributed by atoms with Crippen molar-refractivity contribution in [2.75, 3.05) is 19.8 Å². The lowest BCUT2D eigenvalue weighted by atomic mass is 9.82. The van der Waals surface area contributed by atoms with Gasteiger partial charge in [0.2, 0.25) is 0 Å². The number of para-hydroxylation sites is 1. The van der Waals surface area contributed by atoms with Gasteiger partial charge in [-0.2, -0.15) is 0 Å². The summed E-state index contributed by atoms with van der Waals surface area (Å²) in [5.41, 5.74) is 0. The zero-order valence-electron chi connectivity index (χ0n) is 14.8. The Hall–Kier alpha value is -1.88. The molecule has 2 aliphatic heterocycles. The van der Waals surface area contributed by atoms with Crippen LogP contribution in [0.1, 0.15) is 49.7 Å². The van der Waals surface area contributed by atoms with E-state index in [9.17, 15) is 0 Å². The molecular weight excluding hydrogens is 314 g/mol. The molecule has 0 N–H and O–H groups in total. The number of aromatic nitrogens is 3. The van der Waals surface area contributed by atoms with Gasteiger partial charge in [-0.1, -0.05) is 24.6 Å². The predicted octanol–water partition coefficient (Wildman–Crippen LogP) is 3.59. The summed E-state index contributed by atoms with van der Waals surface area (Å²) in [6.07, 6.45) is 6.86. The first kappa shape index (κ1) is 16.6. The molecule has 5 heteroatoms. The quantitative estimate of drug-likeness (QED) is 0.834. The van der Waals surface area contributed by atoms with Crippen molar-refractivity contribution in [1.29, 1.82) is 0 Å². The number of fused-ring (bicyclic) bond motifs is 1. The highest BCUT2D eigenvalue weighted by atomic mass is 16.5. The smallest absolute Gasteiger partial charge is 0.136 e. The first-order valence-electron chi connectivity index (χ1n) is 9.59. The second kappa shape index (κ2) is 8.00. The van der Waals surface area contributed by atoms with Crippen LogP contribution >= 0.6 is 0 Å². The Kier molecular flexibility index (Phi) is 5.31. The molecule has 0 saturated carbocycles. The first-order chi connectivity index (χ1) is 12.4. The van der Waals surface area contributed by atoms with Crippen molar-refractivity contribution in [3.63, 3.8) is 0 Å². The van der Waals surface area contributed by atoms with Gasteiger partial charge in [-0.3, -0.25) is 0 Å². The summed E-state index contributed by atoms with van der Waals surface area (Å²) < 4.78 is 13.8. The highest BCUT2D eigenvalue weighted by molar-refractivity contribution is 5.21. The topological polar surface area (TPSA) is 49.2 Å². The number of hydrogen-bond acceptors (Lipinski definition) is 4. The van der Waals surface area contributed by atoms with Crippen LogP contribution in [0, 0.1) is 5.92 Å². The van der Waals surface area contributed by atoms with Crippen molar-refractivity contribution in [3.05, 3.63) is 42.0 Å². The van der Waals surface area contributed by atoms with Crippen LogP contribution in [0.3, 0.4) is 0 Å². The molecule has 1 saturated heterocycles. The molecule has 0 radical (unpaired) electrons. The monoisotopic (exact) mass is 341 g/mol. The van der Waals surface area contributed by atoms with Crippen LogP contribution in [-0.2, 0) is 17.7 Å². The summed E-state index contributed by atoms with van der Waals surface area (Å²) in [6.45, 7) is 3.48. The van der Waals surface area contributed by atoms with E-state index >= 15 is 0 Å². The van der Waals surface area contributed by atoms with Crippen LogP contribution in [0.5, 0.6) is 5.75 Å². The van der Waals surface area contributed by atoms with Gasteiger partial charge in [0.05, 0.1) is 6.61 Å². The average Bonchev–Trinajstić information content (AvgIpc) is 2.94. The fraction of sp³-hybridized carbons (Fsp3) is 0.600.